The number of carboxylic acids is 1. The number of carbonyl (C=O) groups is 1. The maximum absolute atomic E-state index is 12.2. The molecule has 0 saturated carbocycles. The van der Waals surface area contributed by atoms with Crippen molar-refractivity contribution in [2.45, 2.75) is 24.5 Å². The van der Waals surface area contributed by atoms with Crippen LogP contribution >= 0.6 is 0 Å². The second kappa shape index (κ2) is 3.88. The van der Waals surface area contributed by atoms with Gasteiger partial charge in [-0.3, -0.25) is 4.79 Å². The zero-order valence-electron chi connectivity index (χ0n) is 6.12. The molecule has 0 aliphatic rings. The second-order valence-corrected chi connectivity index (χ2v) is 2.30. The molecule has 8 heteroatoms. The fourth-order valence-corrected chi connectivity index (χ4v) is 0.522. The molecule has 3 atom stereocenters. The van der Waals surface area contributed by atoms with E-state index < -0.39 is 30.5 Å². The van der Waals surface area contributed by atoms with Crippen LogP contribution in [-0.2, 0) is 4.79 Å². The normalized spacial score (nSPS) is 19.2. The van der Waals surface area contributed by atoms with Crippen molar-refractivity contribution in [3.05, 3.63) is 0 Å². The third-order valence-corrected chi connectivity index (χ3v) is 1.27. The van der Waals surface area contributed by atoms with E-state index in [4.69, 9.17) is 10.2 Å². The Morgan fingerprint density at radius 2 is 1.77 bits per heavy atom. The molecule has 0 aromatic heterocycles. The molecule has 13 heavy (non-hydrogen) atoms. The lowest BCUT2D eigenvalue weighted by atomic mass is 10.1. The summed E-state index contributed by atoms with van der Waals surface area (Å²) in [5.41, 5.74) is 4.57. The van der Waals surface area contributed by atoms with Crippen LogP contribution in [0.5, 0.6) is 0 Å². The molecule has 0 radical (unpaired) electrons. The Morgan fingerprint density at radius 3 is 2.00 bits per heavy atom. The van der Waals surface area contributed by atoms with Crippen molar-refractivity contribution in [1.29, 1.82) is 0 Å². The van der Waals surface area contributed by atoms with E-state index in [2.05, 4.69) is 5.73 Å². The van der Waals surface area contributed by atoms with Crippen molar-refractivity contribution < 1.29 is 32.6 Å². The van der Waals surface area contributed by atoms with Crippen LogP contribution in [0.25, 0.3) is 0 Å². The maximum Gasteiger partial charge on any atom is 0.422 e. The number of alkyl halides is 4. The first-order valence-corrected chi connectivity index (χ1v) is 3.05. The largest absolute Gasteiger partial charge is 0.480 e. The minimum atomic E-state index is -5.31. The molecule has 3 unspecified atom stereocenters. The molecule has 0 fully saturated rings. The minimum absolute atomic E-state index is 1.90. The van der Waals surface area contributed by atoms with E-state index in [1.165, 1.54) is 0 Å². The number of halogens is 4. The van der Waals surface area contributed by atoms with Crippen molar-refractivity contribution in [2.24, 2.45) is 5.73 Å². The van der Waals surface area contributed by atoms with Gasteiger partial charge in [0.15, 0.2) is 0 Å². The summed E-state index contributed by atoms with van der Waals surface area (Å²) in [6, 6.07) is -2.29. The molecule has 4 N–H and O–H groups in total. The molecule has 0 spiro atoms. The quantitative estimate of drug-likeness (QED) is 0.550. The summed E-state index contributed by atoms with van der Waals surface area (Å²) < 4.78 is 46.8. The Morgan fingerprint density at radius 1 is 1.38 bits per heavy atom. The topological polar surface area (TPSA) is 83.6 Å². The van der Waals surface area contributed by atoms with Gasteiger partial charge in [0.1, 0.15) is 12.1 Å². The third-order valence-electron chi connectivity index (χ3n) is 1.27. The summed E-state index contributed by atoms with van der Waals surface area (Å²) >= 11 is 0. The van der Waals surface area contributed by atoms with Gasteiger partial charge in [0.25, 0.3) is 0 Å². The highest BCUT2D eigenvalue weighted by Crippen LogP contribution is 2.26. The van der Waals surface area contributed by atoms with Gasteiger partial charge in [0.05, 0.1) is 0 Å². The molecule has 0 rings (SSSR count). The van der Waals surface area contributed by atoms with Crippen LogP contribution in [0.1, 0.15) is 0 Å². The highest BCUT2D eigenvalue weighted by atomic mass is 19.4. The summed E-state index contributed by atoms with van der Waals surface area (Å²) in [4.78, 5) is 9.95. The molecule has 0 heterocycles. The van der Waals surface area contributed by atoms with Gasteiger partial charge in [-0.15, -0.1) is 0 Å². The molecule has 0 bridgehead atoms. The van der Waals surface area contributed by atoms with Gasteiger partial charge in [-0.2, -0.15) is 13.2 Å². The summed E-state index contributed by atoms with van der Waals surface area (Å²) in [6.07, 6.45) is -11.8. The van der Waals surface area contributed by atoms with Gasteiger partial charge in [-0.25, -0.2) is 4.39 Å². The first-order valence-electron chi connectivity index (χ1n) is 3.05. The van der Waals surface area contributed by atoms with Gasteiger partial charge in [0.2, 0.25) is 6.17 Å². The van der Waals surface area contributed by atoms with Crippen LogP contribution in [0.4, 0.5) is 17.6 Å². The predicted octanol–water partition coefficient (Wildman–Crippen LogP) is -0.340. The zero-order chi connectivity index (χ0) is 10.8. The number of hydrogen-bond acceptors (Lipinski definition) is 3. The van der Waals surface area contributed by atoms with Crippen molar-refractivity contribution in [3.8, 4) is 0 Å². The monoisotopic (exact) mass is 205 g/mol. The Balaban J connectivity index is 4.42. The molecule has 0 amide bonds. The zero-order valence-corrected chi connectivity index (χ0v) is 6.12. The Hall–Kier alpha value is -0.890. The van der Waals surface area contributed by atoms with Crippen molar-refractivity contribution in [2.75, 3.05) is 0 Å². The lowest BCUT2D eigenvalue weighted by Gasteiger charge is -2.20. The van der Waals surface area contributed by atoms with Crippen molar-refractivity contribution in [1.82, 2.24) is 0 Å². The lowest BCUT2D eigenvalue weighted by molar-refractivity contribution is -0.208. The molecule has 0 saturated heterocycles. The van der Waals surface area contributed by atoms with Crippen LogP contribution in [0.2, 0.25) is 0 Å². The summed E-state index contributed by atoms with van der Waals surface area (Å²) in [5.74, 6) is -1.90. The number of hydrogen-bond donors (Lipinski definition) is 3. The van der Waals surface area contributed by atoms with Crippen LogP contribution in [0.3, 0.4) is 0 Å². The highest BCUT2D eigenvalue weighted by Gasteiger charge is 2.48. The first kappa shape index (κ1) is 12.1. The van der Waals surface area contributed by atoms with Gasteiger partial charge in [-0.1, -0.05) is 0 Å². The van der Waals surface area contributed by atoms with Crippen molar-refractivity contribution in [3.63, 3.8) is 0 Å². The Bertz CT molecular complexity index is 195. The lowest BCUT2D eigenvalue weighted by Crippen LogP contribution is -2.51. The summed E-state index contributed by atoms with van der Waals surface area (Å²) in [7, 11) is 0. The van der Waals surface area contributed by atoms with E-state index >= 15 is 0 Å². The molecule has 78 valence electrons. The van der Waals surface area contributed by atoms with E-state index in [9.17, 15) is 22.4 Å². The SMILES string of the molecule is NC(C(=O)O)C(O)C(F)C(F)(F)F. The second-order valence-electron chi connectivity index (χ2n) is 2.30. The van der Waals surface area contributed by atoms with E-state index in [1.54, 1.807) is 0 Å². The van der Waals surface area contributed by atoms with Crippen LogP contribution < -0.4 is 5.73 Å². The number of nitrogens with two attached hydrogens (primary N) is 1. The summed E-state index contributed by atoms with van der Waals surface area (Å²) in [5, 5.41) is 16.5. The van der Waals surface area contributed by atoms with Crippen LogP contribution in [0, 0.1) is 0 Å². The Labute approximate surface area is 70.0 Å². The standard InChI is InChI=1S/C5H7F4NO3/c6-3(5(7,8)9)2(11)1(10)4(12)13/h1-3,11H,10H2,(H,12,13). The Kier molecular flexibility index (Phi) is 3.61. The highest BCUT2D eigenvalue weighted by molar-refractivity contribution is 5.74. The first-order chi connectivity index (χ1) is 5.68. The van der Waals surface area contributed by atoms with Gasteiger partial charge in [0, 0.05) is 0 Å². The molecule has 0 aromatic rings. The number of aliphatic hydroxyl groups excluding tert-OH is 1. The average molecular weight is 205 g/mol. The van der Waals surface area contributed by atoms with Crippen LogP contribution in [-0.4, -0.2) is 40.7 Å². The molecular formula is C5H7F4NO3. The van der Waals surface area contributed by atoms with E-state index in [-0.39, 0.29) is 0 Å². The summed E-state index contributed by atoms with van der Waals surface area (Å²) in [6.45, 7) is 0. The molecule has 0 aromatic carbocycles. The third kappa shape index (κ3) is 3.15. The maximum atomic E-state index is 12.2. The van der Waals surface area contributed by atoms with Crippen LogP contribution in [0.15, 0.2) is 0 Å². The molecule has 0 aliphatic carbocycles. The van der Waals surface area contributed by atoms with Gasteiger partial charge in [-0.05, 0) is 0 Å². The molecular weight excluding hydrogens is 198 g/mol. The number of aliphatic carboxylic acids is 1. The minimum Gasteiger partial charge on any atom is -0.480 e. The van der Waals surface area contributed by atoms with E-state index in [1.807, 2.05) is 0 Å². The fraction of sp³-hybridized carbons (Fsp3) is 0.800. The van der Waals surface area contributed by atoms with E-state index in [0.29, 0.717) is 0 Å². The predicted molar refractivity (Wildman–Crippen MR) is 32.6 cm³/mol. The van der Waals surface area contributed by atoms with E-state index in [0.717, 1.165) is 0 Å². The average Bonchev–Trinajstić information content (AvgIpc) is 1.98. The molecule has 0 aliphatic heterocycles. The number of carboxylic acid groups (broad SMARTS) is 1. The van der Waals surface area contributed by atoms with Gasteiger partial charge >= 0.3 is 12.1 Å². The number of aliphatic hydroxyl groups is 1. The smallest absolute Gasteiger partial charge is 0.422 e. The number of rotatable bonds is 3. The molecule has 4 nitrogen and oxygen atoms in total. The van der Waals surface area contributed by atoms with Gasteiger partial charge < -0.3 is 15.9 Å². The van der Waals surface area contributed by atoms with Crippen molar-refractivity contribution >= 4 is 5.97 Å². The fourth-order valence-electron chi connectivity index (χ4n) is 0.522.